The van der Waals surface area contributed by atoms with Gasteiger partial charge in [-0.05, 0) is 39.0 Å². The minimum atomic E-state index is -1.59. The van der Waals surface area contributed by atoms with Gasteiger partial charge in [0.15, 0.2) is 28.6 Å². The number of ether oxygens (including phenoxy) is 2. The summed E-state index contributed by atoms with van der Waals surface area (Å²) in [6.07, 6.45) is 1.41. The van der Waals surface area contributed by atoms with Crippen molar-refractivity contribution in [1.82, 2.24) is 25.5 Å². The van der Waals surface area contributed by atoms with E-state index < -0.39 is 22.9 Å². The molecular weight excluding hydrogens is 452 g/mol. The maximum atomic E-state index is 14.0. The van der Waals surface area contributed by atoms with Crippen molar-refractivity contribution in [3.63, 3.8) is 0 Å². The van der Waals surface area contributed by atoms with Crippen molar-refractivity contribution >= 4 is 28.5 Å². The molecule has 11 heteroatoms. The smallest absolute Gasteiger partial charge is 0.290 e. The van der Waals surface area contributed by atoms with Crippen LogP contribution in [0.2, 0.25) is 0 Å². The van der Waals surface area contributed by atoms with Crippen LogP contribution >= 0.6 is 0 Å². The fourth-order valence-corrected chi connectivity index (χ4v) is 4.17. The maximum absolute atomic E-state index is 14.0. The zero-order chi connectivity index (χ0) is 25.4. The molecule has 1 fully saturated rings. The zero-order valence-electron chi connectivity index (χ0n) is 20.5. The van der Waals surface area contributed by atoms with Crippen molar-refractivity contribution in [3.8, 4) is 11.5 Å². The van der Waals surface area contributed by atoms with Gasteiger partial charge in [-0.3, -0.25) is 9.59 Å². The fraction of sp³-hybridized carbons (Fsp3) is 0.417. The van der Waals surface area contributed by atoms with E-state index in [1.54, 1.807) is 24.3 Å². The molecule has 186 valence electrons. The van der Waals surface area contributed by atoms with E-state index in [1.807, 2.05) is 20.8 Å². The summed E-state index contributed by atoms with van der Waals surface area (Å²) in [7, 11) is 3.04. The molecule has 35 heavy (non-hydrogen) atoms. The SMILES string of the molecule is COc1cc2nc([C@]3(C(=O)NC(C)(C)C)CNCCN3C(=O)c3ccco3)nc(N)c2cc1OC. The molecule has 0 spiro atoms. The summed E-state index contributed by atoms with van der Waals surface area (Å²) >= 11 is 0. The van der Waals surface area contributed by atoms with E-state index in [1.165, 1.54) is 25.4 Å². The van der Waals surface area contributed by atoms with Crippen LogP contribution in [-0.4, -0.2) is 66.1 Å². The number of benzene rings is 1. The minimum absolute atomic E-state index is 0.0829. The first-order valence-electron chi connectivity index (χ1n) is 11.2. The lowest BCUT2D eigenvalue weighted by Crippen LogP contribution is -2.69. The number of methoxy groups -OCH3 is 2. The van der Waals surface area contributed by atoms with Gasteiger partial charge in [0.1, 0.15) is 5.82 Å². The number of hydrogen-bond acceptors (Lipinski definition) is 9. The van der Waals surface area contributed by atoms with Gasteiger partial charge in [-0.2, -0.15) is 0 Å². The molecule has 11 nitrogen and oxygen atoms in total. The molecule has 3 heterocycles. The second-order valence-corrected chi connectivity index (χ2v) is 9.33. The van der Waals surface area contributed by atoms with Crippen LogP contribution in [0.1, 0.15) is 37.2 Å². The molecule has 1 aliphatic heterocycles. The monoisotopic (exact) mass is 482 g/mol. The number of piperazine rings is 1. The molecule has 3 aromatic rings. The lowest BCUT2D eigenvalue weighted by Gasteiger charge is -2.45. The van der Waals surface area contributed by atoms with Crippen molar-refractivity contribution in [1.29, 1.82) is 0 Å². The number of furan rings is 1. The maximum Gasteiger partial charge on any atom is 0.290 e. The summed E-state index contributed by atoms with van der Waals surface area (Å²) in [5, 5.41) is 6.76. The Bertz CT molecular complexity index is 1250. The molecular formula is C24H30N6O5. The van der Waals surface area contributed by atoms with Gasteiger partial charge >= 0.3 is 0 Å². The van der Waals surface area contributed by atoms with E-state index in [-0.39, 0.29) is 30.5 Å². The topological polar surface area (TPSA) is 145 Å². The average Bonchev–Trinajstić information content (AvgIpc) is 3.36. The van der Waals surface area contributed by atoms with E-state index in [0.717, 1.165) is 0 Å². The van der Waals surface area contributed by atoms with Gasteiger partial charge < -0.3 is 35.2 Å². The third-order valence-electron chi connectivity index (χ3n) is 5.80. The summed E-state index contributed by atoms with van der Waals surface area (Å²) < 4.78 is 16.2. The number of amides is 2. The number of nitrogen functional groups attached to an aromatic ring is 1. The van der Waals surface area contributed by atoms with Gasteiger partial charge in [0.05, 0.1) is 26.0 Å². The quantitative estimate of drug-likeness (QED) is 0.494. The highest BCUT2D eigenvalue weighted by atomic mass is 16.5. The Morgan fingerprint density at radius 2 is 1.91 bits per heavy atom. The Hall–Kier alpha value is -3.86. The van der Waals surface area contributed by atoms with Crippen LogP contribution in [0, 0.1) is 0 Å². The summed E-state index contributed by atoms with van der Waals surface area (Å²) in [6, 6.07) is 6.53. The number of aromatic nitrogens is 2. The number of nitrogens with zero attached hydrogens (tertiary/aromatic N) is 3. The van der Waals surface area contributed by atoms with Gasteiger partial charge in [-0.1, -0.05) is 0 Å². The molecule has 0 bridgehead atoms. The largest absolute Gasteiger partial charge is 0.493 e. The predicted octanol–water partition coefficient (Wildman–Crippen LogP) is 1.68. The van der Waals surface area contributed by atoms with Crippen molar-refractivity contribution < 1.29 is 23.5 Å². The van der Waals surface area contributed by atoms with Crippen molar-refractivity contribution in [2.24, 2.45) is 0 Å². The number of nitrogens with one attached hydrogen (secondary N) is 2. The van der Waals surface area contributed by atoms with Crippen LogP contribution in [-0.2, 0) is 10.3 Å². The lowest BCUT2D eigenvalue weighted by atomic mass is 9.89. The molecule has 0 aliphatic carbocycles. The number of carbonyl (C=O) groups is 2. The van der Waals surface area contributed by atoms with E-state index in [9.17, 15) is 9.59 Å². The van der Waals surface area contributed by atoms with Gasteiger partial charge in [-0.25, -0.2) is 9.97 Å². The van der Waals surface area contributed by atoms with Crippen molar-refractivity contribution in [2.75, 3.05) is 39.6 Å². The minimum Gasteiger partial charge on any atom is -0.493 e. The first-order valence-corrected chi connectivity index (χ1v) is 11.2. The molecule has 1 saturated heterocycles. The second-order valence-electron chi connectivity index (χ2n) is 9.33. The zero-order valence-corrected chi connectivity index (χ0v) is 20.5. The first-order chi connectivity index (χ1) is 16.6. The molecule has 4 N–H and O–H groups in total. The van der Waals surface area contributed by atoms with Crippen LogP contribution in [0.15, 0.2) is 34.9 Å². The summed E-state index contributed by atoms with van der Waals surface area (Å²) in [5.74, 6) is 0.375. The highest BCUT2D eigenvalue weighted by molar-refractivity contribution is 5.99. The molecule has 1 aliphatic rings. The van der Waals surface area contributed by atoms with Crippen LogP contribution in [0.4, 0.5) is 5.82 Å². The standard InChI is InChI=1S/C24H30N6O5/c1-23(2,3)29-22(32)24(13-26-8-9-30(24)20(31)16-7-6-10-35-16)21-27-15-12-18(34-5)17(33-4)11-14(15)19(25)28-21/h6-7,10-12,26H,8-9,13H2,1-5H3,(H,29,32)(H2,25,27,28)/t24-/m0/s1. The molecule has 0 unspecified atom stereocenters. The number of nitrogens with two attached hydrogens (primary N) is 1. The summed E-state index contributed by atoms with van der Waals surface area (Å²) in [6.45, 7) is 6.37. The average molecular weight is 483 g/mol. The van der Waals surface area contributed by atoms with Gasteiger partial charge in [0.2, 0.25) is 0 Å². The molecule has 1 aromatic carbocycles. The third-order valence-corrected chi connectivity index (χ3v) is 5.80. The highest BCUT2D eigenvalue weighted by Gasteiger charge is 2.53. The molecule has 1 atom stereocenters. The Labute approximate surface area is 203 Å². The fourth-order valence-electron chi connectivity index (χ4n) is 4.17. The van der Waals surface area contributed by atoms with Crippen molar-refractivity contribution in [2.45, 2.75) is 31.8 Å². The molecule has 4 rings (SSSR count). The molecule has 0 radical (unpaired) electrons. The third kappa shape index (κ3) is 4.34. The van der Waals surface area contributed by atoms with Gasteiger partial charge in [0.25, 0.3) is 11.8 Å². The lowest BCUT2D eigenvalue weighted by molar-refractivity contribution is -0.136. The number of rotatable bonds is 5. The highest BCUT2D eigenvalue weighted by Crippen LogP contribution is 2.37. The van der Waals surface area contributed by atoms with E-state index in [2.05, 4.69) is 15.6 Å². The van der Waals surface area contributed by atoms with Crippen molar-refractivity contribution in [3.05, 3.63) is 42.1 Å². The van der Waals surface area contributed by atoms with Gasteiger partial charge in [0, 0.05) is 36.6 Å². The number of anilines is 1. The number of carbonyl (C=O) groups excluding carboxylic acids is 2. The molecule has 0 saturated carbocycles. The normalized spacial score (nSPS) is 18.4. The second kappa shape index (κ2) is 9.06. The van der Waals surface area contributed by atoms with Crippen LogP contribution < -0.4 is 25.8 Å². The van der Waals surface area contributed by atoms with E-state index >= 15 is 0 Å². The Morgan fingerprint density at radius 3 is 2.54 bits per heavy atom. The predicted molar refractivity (Wildman–Crippen MR) is 129 cm³/mol. The van der Waals surface area contributed by atoms with Crippen LogP contribution in [0.5, 0.6) is 11.5 Å². The Kier molecular flexibility index (Phi) is 6.28. The summed E-state index contributed by atoms with van der Waals surface area (Å²) in [5.41, 5.74) is 4.63. The first kappa shape index (κ1) is 24.3. The Balaban J connectivity index is 1.95. The molecule has 2 amide bonds. The molecule has 2 aromatic heterocycles. The van der Waals surface area contributed by atoms with Gasteiger partial charge in [-0.15, -0.1) is 0 Å². The van der Waals surface area contributed by atoms with Crippen LogP contribution in [0.3, 0.4) is 0 Å². The Morgan fingerprint density at radius 1 is 1.20 bits per heavy atom. The van der Waals surface area contributed by atoms with E-state index in [4.69, 9.17) is 24.6 Å². The number of fused-ring (bicyclic) bond motifs is 1. The van der Waals surface area contributed by atoms with Crippen LogP contribution in [0.25, 0.3) is 10.9 Å². The van der Waals surface area contributed by atoms with E-state index in [0.29, 0.717) is 28.9 Å². The number of hydrogen-bond donors (Lipinski definition) is 3. The summed E-state index contributed by atoms with van der Waals surface area (Å²) in [4.78, 5) is 38.2.